The lowest BCUT2D eigenvalue weighted by Crippen LogP contribution is -2.47. The fourth-order valence-electron chi connectivity index (χ4n) is 2.20. The largest absolute Gasteiger partial charge is 0.395 e. The number of halogens is 1. The second kappa shape index (κ2) is 6.38. The summed E-state index contributed by atoms with van der Waals surface area (Å²) in [6.45, 7) is 2.45. The smallest absolute Gasteiger partial charge is 0.123 e. The van der Waals surface area contributed by atoms with Gasteiger partial charge >= 0.3 is 0 Å². The first-order valence-corrected chi connectivity index (χ1v) is 6.53. The zero-order valence-corrected chi connectivity index (χ0v) is 11.3. The summed E-state index contributed by atoms with van der Waals surface area (Å²) >= 11 is 4.95. The molecular formula is C13H17FN2O2S. The van der Waals surface area contributed by atoms with Gasteiger partial charge in [0.1, 0.15) is 10.8 Å². The molecule has 0 saturated carbocycles. The molecule has 6 heteroatoms. The Balaban J connectivity index is 2.20. The molecule has 1 aliphatic heterocycles. The molecule has 1 unspecified atom stereocenters. The van der Waals surface area contributed by atoms with Crippen molar-refractivity contribution < 1.29 is 14.2 Å². The summed E-state index contributed by atoms with van der Waals surface area (Å²) in [6, 6.07) is 4.39. The van der Waals surface area contributed by atoms with E-state index < -0.39 is 0 Å². The van der Waals surface area contributed by atoms with E-state index in [-0.39, 0.29) is 23.5 Å². The van der Waals surface area contributed by atoms with Gasteiger partial charge in [0.2, 0.25) is 0 Å². The molecule has 1 aromatic carbocycles. The molecular weight excluding hydrogens is 267 g/mol. The molecule has 1 saturated heterocycles. The summed E-state index contributed by atoms with van der Waals surface area (Å²) in [6.07, 6.45) is 0. The van der Waals surface area contributed by atoms with Crippen molar-refractivity contribution in [1.29, 1.82) is 0 Å². The van der Waals surface area contributed by atoms with Crippen LogP contribution in [0.1, 0.15) is 11.1 Å². The van der Waals surface area contributed by atoms with Crippen molar-refractivity contribution in [2.75, 3.05) is 26.4 Å². The van der Waals surface area contributed by atoms with E-state index in [1.165, 1.54) is 12.1 Å². The lowest BCUT2D eigenvalue weighted by molar-refractivity contribution is -0.0312. The maximum Gasteiger partial charge on any atom is 0.123 e. The average Bonchev–Trinajstić information content (AvgIpc) is 2.41. The van der Waals surface area contributed by atoms with E-state index in [2.05, 4.69) is 4.90 Å². The molecule has 19 heavy (non-hydrogen) atoms. The Kier molecular flexibility index (Phi) is 4.81. The van der Waals surface area contributed by atoms with Gasteiger partial charge in [-0.2, -0.15) is 0 Å². The van der Waals surface area contributed by atoms with Crippen molar-refractivity contribution >= 4 is 17.2 Å². The summed E-state index contributed by atoms with van der Waals surface area (Å²) in [5.74, 6) is -0.354. The Morgan fingerprint density at radius 1 is 1.58 bits per heavy atom. The number of rotatable bonds is 4. The number of morpholine rings is 1. The van der Waals surface area contributed by atoms with Gasteiger partial charge in [0, 0.05) is 18.7 Å². The van der Waals surface area contributed by atoms with Crippen molar-refractivity contribution in [2.45, 2.75) is 12.6 Å². The molecule has 0 spiro atoms. The van der Waals surface area contributed by atoms with Crippen LogP contribution in [0.25, 0.3) is 0 Å². The van der Waals surface area contributed by atoms with Crippen molar-refractivity contribution in [3.05, 3.63) is 35.1 Å². The first-order valence-electron chi connectivity index (χ1n) is 6.12. The van der Waals surface area contributed by atoms with Crippen LogP contribution in [0.2, 0.25) is 0 Å². The van der Waals surface area contributed by atoms with Gasteiger partial charge in [-0.25, -0.2) is 4.39 Å². The average molecular weight is 284 g/mol. The maximum absolute atomic E-state index is 13.2. The highest BCUT2D eigenvalue weighted by Crippen LogP contribution is 2.17. The fourth-order valence-corrected chi connectivity index (χ4v) is 2.39. The third kappa shape index (κ3) is 3.48. The predicted octanol–water partition coefficient (Wildman–Crippen LogP) is 0.653. The molecule has 0 radical (unpaired) electrons. The number of nitrogens with two attached hydrogens (primary N) is 1. The zero-order valence-electron chi connectivity index (χ0n) is 10.5. The summed E-state index contributed by atoms with van der Waals surface area (Å²) in [5, 5.41) is 9.33. The number of aliphatic hydroxyl groups is 1. The molecule has 1 aliphatic rings. The highest BCUT2D eigenvalue weighted by atomic mass is 32.1. The van der Waals surface area contributed by atoms with Gasteiger partial charge in [0.15, 0.2) is 0 Å². The quantitative estimate of drug-likeness (QED) is 0.795. The van der Waals surface area contributed by atoms with Gasteiger partial charge in [-0.1, -0.05) is 18.3 Å². The number of hydrogen-bond donors (Lipinski definition) is 2. The van der Waals surface area contributed by atoms with Crippen LogP contribution in [0.15, 0.2) is 18.2 Å². The van der Waals surface area contributed by atoms with Crippen LogP contribution in [0, 0.1) is 5.82 Å². The monoisotopic (exact) mass is 284 g/mol. The molecule has 1 heterocycles. The van der Waals surface area contributed by atoms with E-state index in [4.69, 9.17) is 22.7 Å². The van der Waals surface area contributed by atoms with E-state index in [0.717, 1.165) is 12.1 Å². The minimum atomic E-state index is -0.354. The Hall–Kier alpha value is -1.08. The van der Waals surface area contributed by atoms with E-state index >= 15 is 0 Å². The van der Waals surface area contributed by atoms with Crippen LogP contribution < -0.4 is 5.73 Å². The van der Waals surface area contributed by atoms with Gasteiger partial charge < -0.3 is 15.6 Å². The maximum atomic E-state index is 13.2. The van der Waals surface area contributed by atoms with Crippen LogP contribution in [0.3, 0.4) is 0 Å². The molecule has 1 atom stereocenters. The van der Waals surface area contributed by atoms with Gasteiger partial charge in [-0.3, -0.25) is 4.90 Å². The number of hydrogen-bond acceptors (Lipinski definition) is 4. The lowest BCUT2D eigenvalue weighted by atomic mass is 10.1. The molecule has 0 bridgehead atoms. The highest BCUT2D eigenvalue weighted by Gasteiger charge is 2.23. The number of ether oxygens (including phenoxy) is 1. The Labute approximate surface area is 117 Å². The number of nitrogens with zero attached hydrogens (tertiary/aromatic N) is 1. The predicted molar refractivity (Wildman–Crippen MR) is 74.4 cm³/mol. The second-order valence-electron chi connectivity index (χ2n) is 4.55. The van der Waals surface area contributed by atoms with Crippen LogP contribution in [-0.2, 0) is 11.3 Å². The summed E-state index contributed by atoms with van der Waals surface area (Å²) in [4.78, 5) is 2.28. The zero-order chi connectivity index (χ0) is 13.8. The normalized spacial score (nSPS) is 20.4. The Morgan fingerprint density at radius 3 is 3.05 bits per heavy atom. The SMILES string of the molecule is NC(=S)c1cc(F)ccc1CN1CCOCC1CO. The summed E-state index contributed by atoms with van der Waals surface area (Å²) < 4.78 is 18.6. The van der Waals surface area contributed by atoms with Crippen LogP contribution >= 0.6 is 12.2 Å². The van der Waals surface area contributed by atoms with Crippen molar-refractivity contribution in [3.8, 4) is 0 Å². The fraction of sp³-hybridized carbons (Fsp3) is 0.462. The van der Waals surface area contributed by atoms with Crippen LogP contribution in [0.5, 0.6) is 0 Å². The van der Waals surface area contributed by atoms with Crippen LogP contribution in [-0.4, -0.2) is 47.4 Å². The first-order chi connectivity index (χ1) is 9.11. The summed E-state index contributed by atoms with van der Waals surface area (Å²) in [5.41, 5.74) is 7.05. The topological polar surface area (TPSA) is 58.7 Å². The van der Waals surface area contributed by atoms with Gasteiger partial charge in [-0.15, -0.1) is 0 Å². The minimum absolute atomic E-state index is 0.0313. The van der Waals surface area contributed by atoms with Crippen molar-refractivity contribution in [1.82, 2.24) is 4.90 Å². The van der Waals surface area contributed by atoms with Crippen molar-refractivity contribution in [2.24, 2.45) is 5.73 Å². The van der Waals surface area contributed by atoms with E-state index in [0.29, 0.717) is 25.3 Å². The second-order valence-corrected chi connectivity index (χ2v) is 4.99. The molecule has 0 amide bonds. The Bertz CT molecular complexity index is 470. The standard InChI is InChI=1S/C13H17FN2O2S/c14-10-2-1-9(12(5-10)13(15)19)6-16-3-4-18-8-11(16)7-17/h1-2,5,11,17H,3-4,6-8H2,(H2,15,19). The molecule has 1 fully saturated rings. The molecule has 104 valence electrons. The molecule has 0 aliphatic carbocycles. The number of benzene rings is 1. The number of aliphatic hydroxyl groups excluding tert-OH is 1. The van der Waals surface area contributed by atoms with Crippen LogP contribution in [0.4, 0.5) is 4.39 Å². The highest BCUT2D eigenvalue weighted by molar-refractivity contribution is 7.80. The third-order valence-electron chi connectivity index (χ3n) is 3.27. The number of thiocarbonyl (C=S) groups is 1. The van der Waals surface area contributed by atoms with Gasteiger partial charge in [0.05, 0.1) is 25.9 Å². The van der Waals surface area contributed by atoms with E-state index in [1.54, 1.807) is 6.07 Å². The first kappa shape index (κ1) is 14.3. The van der Waals surface area contributed by atoms with Gasteiger partial charge in [-0.05, 0) is 17.7 Å². The lowest BCUT2D eigenvalue weighted by Gasteiger charge is -2.34. The molecule has 1 aromatic rings. The van der Waals surface area contributed by atoms with E-state index in [9.17, 15) is 9.50 Å². The third-order valence-corrected chi connectivity index (χ3v) is 3.49. The molecule has 2 rings (SSSR count). The molecule has 3 N–H and O–H groups in total. The van der Waals surface area contributed by atoms with E-state index in [1.807, 2.05) is 0 Å². The Morgan fingerprint density at radius 2 is 2.37 bits per heavy atom. The minimum Gasteiger partial charge on any atom is -0.395 e. The molecule has 0 aromatic heterocycles. The summed E-state index contributed by atoms with van der Waals surface area (Å²) in [7, 11) is 0. The van der Waals surface area contributed by atoms with Gasteiger partial charge in [0.25, 0.3) is 0 Å². The molecule has 4 nitrogen and oxygen atoms in total. The van der Waals surface area contributed by atoms with Crippen molar-refractivity contribution in [3.63, 3.8) is 0 Å².